The fourth-order valence-corrected chi connectivity index (χ4v) is 1.98. The Balaban J connectivity index is 2.15. The van der Waals surface area contributed by atoms with Gasteiger partial charge in [0, 0.05) is 6.20 Å². The number of rotatable bonds is 5. The molecule has 7 heteroatoms. The fraction of sp³-hybridized carbons (Fsp3) is 0.312. The highest BCUT2D eigenvalue weighted by molar-refractivity contribution is 5.96. The van der Waals surface area contributed by atoms with Gasteiger partial charge in [-0.3, -0.25) is 4.79 Å². The van der Waals surface area contributed by atoms with E-state index in [0.29, 0.717) is 0 Å². The number of carbonyl (C=O) groups excluding carboxylic acids is 2. The minimum absolute atomic E-state index is 0.206. The molecule has 7 nitrogen and oxygen atoms in total. The first kappa shape index (κ1) is 16.5. The highest BCUT2D eigenvalue weighted by atomic mass is 16.5. The molecular formula is C16H19N3O4. The van der Waals surface area contributed by atoms with Gasteiger partial charge in [0.05, 0.1) is 19.9 Å². The molecule has 2 rings (SSSR count). The van der Waals surface area contributed by atoms with E-state index in [-0.39, 0.29) is 5.69 Å². The van der Waals surface area contributed by atoms with Crippen LogP contribution in [0.4, 0.5) is 0 Å². The van der Waals surface area contributed by atoms with E-state index in [4.69, 9.17) is 4.74 Å². The second-order valence-electron chi connectivity index (χ2n) is 5.41. The maximum Gasteiger partial charge on any atom is 0.330 e. The van der Waals surface area contributed by atoms with Crippen molar-refractivity contribution < 1.29 is 19.1 Å². The normalized spacial score (nSPS) is 11.0. The summed E-state index contributed by atoms with van der Waals surface area (Å²) >= 11 is 0. The van der Waals surface area contributed by atoms with E-state index >= 15 is 0 Å². The summed E-state index contributed by atoms with van der Waals surface area (Å²) in [5, 5.41) is 6.81. The number of ether oxygens (including phenoxy) is 2. The van der Waals surface area contributed by atoms with Crippen LogP contribution in [0.15, 0.2) is 36.5 Å². The van der Waals surface area contributed by atoms with Crippen LogP contribution in [0.5, 0.6) is 5.75 Å². The van der Waals surface area contributed by atoms with Gasteiger partial charge in [-0.25, -0.2) is 9.48 Å². The maximum absolute atomic E-state index is 12.2. The third-order valence-electron chi connectivity index (χ3n) is 3.28. The number of benzene rings is 1. The van der Waals surface area contributed by atoms with Crippen molar-refractivity contribution in [1.82, 2.24) is 15.1 Å². The zero-order valence-electron chi connectivity index (χ0n) is 13.5. The third-order valence-corrected chi connectivity index (χ3v) is 3.28. The van der Waals surface area contributed by atoms with Gasteiger partial charge < -0.3 is 14.8 Å². The van der Waals surface area contributed by atoms with Gasteiger partial charge in [-0.05, 0) is 44.2 Å². The molecule has 0 saturated carbocycles. The fourth-order valence-electron chi connectivity index (χ4n) is 1.98. The molecule has 0 atom stereocenters. The molecular weight excluding hydrogens is 298 g/mol. The summed E-state index contributed by atoms with van der Waals surface area (Å²) < 4.78 is 11.3. The van der Waals surface area contributed by atoms with E-state index in [1.54, 1.807) is 50.0 Å². The van der Waals surface area contributed by atoms with Gasteiger partial charge in [0.25, 0.3) is 5.91 Å². The second-order valence-corrected chi connectivity index (χ2v) is 5.41. The number of aromatic nitrogens is 2. The first-order valence-electron chi connectivity index (χ1n) is 6.98. The minimum Gasteiger partial charge on any atom is -0.497 e. The molecule has 0 aliphatic rings. The Labute approximate surface area is 134 Å². The van der Waals surface area contributed by atoms with Gasteiger partial charge in [0.2, 0.25) is 0 Å². The zero-order valence-corrected chi connectivity index (χ0v) is 13.5. The van der Waals surface area contributed by atoms with E-state index in [1.165, 1.54) is 7.11 Å². The summed E-state index contributed by atoms with van der Waals surface area (Å²) in [5.41, 5.74) is -0.134. The molecule has 1 aromatic carbocycles. The van der Waals surface area contributed by atoms with Gasteiger partial charge in [0.1, 0.15) is 11.3 Å². The number of hydrogen-bond acceptors (Lipinski definition) is 5. The highest BCUT2D eigenvalue weighted by Crippen LogP contribution is 2.15. The lowest BCUT2D eigenvalue weighted by molar-refractivity contribution is -0.146. The topological polar surface area (TPSA) is 82.5 Å². The highest BCUT2D eigenvalue weighted by Gasteiger charge is 2.31. The molecule has 122 valence electrons. The number of nitrogens with one attached hydrogen (secondary N) is 1. The van der Waals surface area contributed by atoms with Crippen LogP contribution < -0.4 is 10.1 Å². The lowest BCUT2D eigenvalue weighted by Crippen LogP contribution is -2.50. The summed E-state index contributed by atoms with van der Waals surface area (Å²) in [4.78, 5) is 23.8. The molecule has 0 aliphatic heterocycles. The summed E-state index contributed by atoms with van der Waals surface area (Å²) in [7, 11) is 2.86. The molecule has 0 bridgehead atoms. The first-order valence-corrected chi connectivity index (χ1v) is 6.98. The van der Waals surface area contributed by atoms with Crippen molar-refractivity contribution in [2.75, 3.05) is 14.2 Å². The molecule has 1 N–H and O–H groups in total. The average molecular weight is 317 g/mol. The number of amides is 1. The SMILES string of the molecule is COC(=O)C(C)(C)NC(=O)c1ccn(-c2ccc(OC)cc2)n1. The van der Waals surface area contributed by atoms with E-state index in [0.717, 1.165) is 11.4 Å². The van der Waals surface area contributed by atoms with E-state index in [1.807, 2.05) is 12.1 Å². The molecule has 0 aliphatic carbocycles. The Hall–Kier alpha value is -2.83. The molecule has 23 heavy (non-hydrogen) atoms. The van der Waals surface area contributed by atoms with E-state index in [2.05, 4.69) is 15.2 Å². The van der Waals surface area contributed by atoms with Crippen LogP contribution in [-0.4, -0.2) is 41.4 Å². The molecule has 0 unspecified atom stereocenters. The monoisotopic (exact) mass is 317 g/mol. The van der Waals surface area contributed by atoms with Crippen LogP contribution in [0.25, 0.3) is 5.69 Å². The van der Waals surface area contributed by atoms with Crippen molar-refractivity contribution >= 4 is 11.9 Å². The Morgan fingerprint density at radius 3 is 2.35 bits per heavy atom. The number of esters is 1. The molecule has 1 aromatic heterocycles. The summed E-state index contributed by atoms with van der Waals surface area (Å²) in [6.45, 7) is 3.13. The smallest absolute Gasteiger partial charge is 0.330 e. The standard InChI is InChI=1S/C16H19N3O4/c1-16(2,15(21)23-4)17-14(20)13-9-10-19(18-13)11-5-7-12(22-3)8-6-11/h5-10H,1-4H3,(H,17,20). The Morgan fingerprint density at radius 2 is 1.78 bits per heavy atom. The summed E-state index contributed by atoms with van der Waals surface area (Å²) in [6, 6.07) is 8.83. The maximum atomic E-state index is 12.2. The molecule has 2 aromatic rings. The predicted octanol–water partition coefficient (Wildman–Crippen LogP) is 1.56. The van der Waals surface area contributed by atoms with Crippen molar-refractivity contribution in [2.45, 2.75) is 19.4 Å². The number of carbonyl (C=O) groups is 2. The molecule has 1 amide bonds. The van der Waals surface area contributed by atoms with E-state index in [9.17, 15) is 9.59 Å². The van der Waals surface area contributed by atoms with Crippen LogP contribution in [0, 0.1) is 0 Å². The van der Waals surface area contributed by atoms with Crippen molar-refractivity contribution in [2.24, 2.45) is 0 Å². The van der Waals surface area contributed by atoms with E-state index < -0.39 is 17.4 Å². The van der Waals surface area contributed by atoms with Crippen molar-refractivity contribution in [3.63, 3.8) is 0 Å². The largest absolute Gasteiger partial charge is 0.497 e. The van der Waals surface area contributed by atoms with Gasteiger partial charge >= 0.3 is 5.97 Å². The van der Waals surface area contributed by atoms with Gasteiger partial charge in [0.15, 0.2) is 5.69 Å². The lowest BCUT2D eigenvalue weighted by atomic mass is 10.1. The summed E-state index contributed by atoms with van der Waals surface area (Å²) in [6.07, 6.45) is 1.67. The number of methoxy groups -OCH3 is 2. The van der Waals surface area contributed by atoms with Crippen LogP contribution >= 0.6 is 0 Å². The minimum atomic E-state index is -1.13. The van der Waals surface area contributed by atoms with Crippen LogP contribution in [-0.2, 0) is 9.53 Å². The summed E-state index contributed by atoms with van der Waals surface area (Å²) in [5.74, 6) is -0.244. The molecule has 1 heterocycles. The van der Waals surface area contributed by atoms with Crippen molar-refractivity contribution in [3.05, 3.63) is 42.2 Å². The lowest BCUT2D eigenvalue weighted by Gasteiger charge is -2.22. The van der Waals surface area contributed by atoms with Crippen LogP contribution in [0.1, 0.15) is 24.3 Å². The van der Waals surface area contributed by atoms with Crippen molar-refractivity contribution in [1.29, 1.82) is 0 Å². The average Bonchev–Trinajstić information content (AvgIpc) is 3.03. The van der Waals surface area contributed by atoms with Crippen molar-refractivity contribution in [3.8, 4) is 11.4 Å². The predicted molar refractivity (Wildman–Crippen MR) is 83.7 cm³/mol. The van der Waals surface area contributed by atoms with Gasteiger partial charge in [-0.1, -0.05) is 0 Å². The Kier molecular flexibility index (Phi) is 4.68. The first-order chi connectivity index (χ1) is 10.9. The third kappa shape index (κ3) is 3.68. The molecule has 0 fully saturated rings. The van der Waals surface area contributed by atoms with Crippen LogP contribution in [0.2, 0.25) is 0 Å². The van der Waals surface area contributed by atoms with Gasteiger partial charge in [-0.15, -0.1) is 0 Å². The Morgan fingerprint density at radius 1 is 1.13 bits per heavy atom. The Bertz CT molecular complexity index is 704. The quantitative estimate of drug-likeness (QED) is 0.846. The zero-order chi connectivity index (χ0) is 17.0. The number of hydrogen-bond donors (Lipinski definition) is 1. The van der Waals surface area contributed by atoms with Gasteiger partial charge in [-0.2, -0.15) is 5.10 Å². The number of nitrogens with zero attached hydrogens (tertiary/aromatic N) is 2. The molecule has 0 radical (unpaired) electrons. The second kappa shape index (κ2) is 6.51. The molecule has 0 saturated heterocycles. The molecule has 0 spiro atoms. The van der Waals surface area contributed by atoms with Crippen LogP contribution in [0.3, 0.4) is 0 Å².